The third-order valence-corrected chi connectivity index (χ3v) is 2.80. The summed E-state index contributed by atoms with van der Waals surface area (Å²) in [5, 5.41) is 0. The number of hydrogen-bond acceptors (Lipinski definition) is 2. The predicted molar refractivity (Wildman–Crippen MR) is 60.1 cm³/mol. The van der Waals surface area contributed by atoms with Crippen LogP contribution in [0.15, 0.2) is 30.3 Å². The summed E-state index contributed by atoms with van der Waals surface area (Å²) in [6.45, 7) is 1.42. The Morgan fingerprint density at radius 1 is 1.20 bits per heavy atom. The maximum absolute atomic E-state index is 5.64. The van der Waals surface area contributed by atoms with Gasteiger partial charge in [0, 0.05) is 6.61 Å². The molecule has 1 aliphatic rings. The van der Waals surface area contributed by atoms with Crippen molar-refractivity contribution in [1.82, 2.24) is 0 Å². The first-order valence-electron chi connectivity index (χ1n) is 5.23. The number of alkyl halides is 1. The first-order chi connectivity index (χ1) is 7.40. The van der Waals surface area contributed by atoms with E-state index in [9.17, 15) is 0 Å². The van der Waals surface area contributed by atoms with E-state index in [4.69, 9.17) is 21.1 Å². The molecule has 1 aromatic rings. The lowest BCUT2D eigenvalue weighted by molar-refractivity contribution is 0.113. The van der Waals surface area contributed by atoms with E-state index < -0.39 is 0 Å². The molecular weight excluding hydrogens is 212 g/mol. The van der Waals surface area contributed by atoms with Gasteiger partial charge in [-0.3, -0.25) is 0 Å². The first-order valence-corrected chi connectivity index (χ1v) is 5.76. The number of ether oxygens (including phenoxy) is 2. The summed E-state index contributed by atoms with van der Waals surface area (Å²) < 4.78 is 10.8. The monoisotopic (exact) mass is 226 g/mol. The van der Waals surface area contributed by atoms with E-state index in [-0.39, 0.29) is 6.10 Å². The van der Waals surface area contributed by atoms with E-state index in [0.717, 1.165) is 13.0 Å². The Morgan fingerprint density at radius 2 is 2.00 bits per heavy atom. The van der Waals surface area contributed by atoms with E-state index in [0.29, 0.717) is 18.6 Å². The normalized spacial score (nSPS) is 24.1. The van der Waals surface area contributed by atoms with Crippen molar-refractivity contribution < 1.29 is 9.47 Å². The fourth-order valence-corrected chi connectivity index (χ4v) is 1.80. The van der Waals surface area contributed by atoms with E-state index in [1.165, 1.54) is 5.56 Å². The van der Waals surface area contributed by atoms with Gasteiger partial charge in [-0.25, -0.2) is 0 Å². The third kappa shape index (κ3) is 3.49. The van der Waals surface area contributed by atoms with Gasteiger partial charge in [0.15, 0.2) is 0 Å². The van der Waals surface area contributed by atoms with Gasteiger partial charge < -0.3 is 9.47 Å². The highest BCUT2D eigenvalue weighted by Gasteiger charge is 2.37. The minimum atomic E-state index is 0.270. The molecule has 1 heterocycles. The molecule has 1 fully saturated rings. The summed E-state index contributed by atoms with van der Waals surface area (Å²) >= 11 is 5.64. The van der Waals surface area contributed by atoms with Gasteiger partial charge in [-0.05, 0) is 12.0 Å². The van der Waals surface area contributed by atoms with Gasteiger partial charge in [0.2, 0.25) is 0 Å². The highest BCUT2D eigenvalue weighted by atomic mass is 35.5. The van der Waals surface area contributed by atoms with Crippen LogP contribution >= 0.6 is 11.6 Å². The van der Waals surface area contributed by atoms with Gasteiger partial charge in [-0.2, -0.15) is 0 Å². The zero-order valence-corrected chi connectivity index (χ0v) is 9.32. The summed E-state index contributed by atoms with van der Waals surface area (Å²) in [5.41, 5.74) is 1.21. The largest absolute Gasteiger partial charge is 0.377 e. The van der Waals surface area contributed by atoms with Crippen LogP contribution in [-0.2, 0) is 16.1 Å². The molecule has 0 saturated carbocycles. The van der Waals surface area contributed by atoms with Crippen LogP contribution < -0.4 is 0 Å². The highest BCUT2D eigenvalue weighted by molar-refractivity contribution is 6.18. The molecule has 3 heteroatoms. The second-order valence-corrected chi connectivity index (χ2v) is 4.00. The van der Waals surface area contributed by atoms with Gasteiger partial charge in [0.1, 0.15) is 0 Å². The zero-order chi connectivity index (χ0) is 10.5. The predicted octanol–water partition coefficient (Wildman–Crippen LogP) is 2.60. The molecule has 2 atom stereocenters. The Bertz CT molecular complexity index is 289. The van der Waals surface area contributed by atoms with Crippen LogP contribution in [0.3, 0.4) is 0 Å². The molecular formula is C12H15ClO2. The average Bonchev–Trinajstić information content (AvgIpc) is 3.05. The molecule has 82 valence electrons. The van der Waals surface area contributed by atoms with Crippen LogP contribution in [0.2, 0.25) is 0 Å². The first kappa shape index (κ1) is 10.9. The van der Waals surface area contributed by atoms with Crippen molar-refractivity contribution >= 4 is 11.6 Å². The lowest BCUT2D eigenvalue weighted by Gasteiger charge is -2.02. The van der Waals surface area contributed by atoms with Crippen molar-refractivity contribution in [2.24, 2.45) is 0 Å². The number of epoxide rings is 1. The minimum Gasteiger partial charge on any atom is -0.377 e. The number of rotatable bonds is 6. The van der Waals surface area contributed by atoms with Crippen LogP contribution in [0.5, 0.6) is 0 Å². The molecule has 0 spiro atoms. The molecule has 0 aliphatic carbocycles. The lowest BCUT2D eigenvalue weighted by Crippen LogP contribution is -2.02. The highest BCUT2D eigenvalue weighted by Crippen LogP contribution is 2.26. The second-order valence-electron chi connectivity index (χ2n) is 3.69. The molecule has 0 unspecified atom stereocenters. The summed E-state index contributed by atoms with van der Waals surface area (Å²) in [7, 11) is 0. The molecule has 2 nitrogen and oxygen atoms in total. The van der Waals surface area contributed by atoms with E-state index in [1.54, 1.807) is 0 Å². The van der Waals surface area contributed by atoms with E-state index in [2.05, 4.69) is 12.1 Å². The maximum atomic E-state index is 5.64. The Labute approximate surface area is 95.1 Å². The zero-order valence-electron chi connectivity index (χ0n) is 8.56. The van der Waals surface area contributed by atoms with E-state index >= 15 is 0 Å². The number of hydrogen-bond donors (Lipinski definition) is 0. The van der Waals surface area contributed by atoms with Crippen LogP contribution in [-0.4, -0.2) is 24.7 Å². The lowest BCUT2D eigenvalue weighted by atomic mass is 10.2. The summed E-state index contributed by atoms with van der Waals surface area (Å²) in [5.74, 6) is 0.601. The van der Waals surface area contributed by atoms with Crippen molar-refractivity contribution in [3.63, 3.8) is 0 Å². The minimum absolute atomic E-state index is 0.270. The van der Waals surface area contributed by atoms with Crippen LogP contribution in [0.25, 0.3) is 0 Å². The molecule has 0 N–H and O–H groups in total. The number of benzene rings is 1. The van der Waals surface area contributed by atoms with Crippen molar-refractivity contribution in [3.05, 3.63) is 35.9 Å². The molecule has 1 saturated heterocycles. The molecule has 1 aromatic carbocycles. The topological polar surface area (TPSA) is 21.8 Å². The second kappa shape index (κ2) is 5.50. The smallest absolute Gasteiger partial charge is 0.0977 e. The average molecular weight is 227 g/mol. The van der Waals surface area contributed by atoms with Crippen molar-refractivity contribution in [1.29, 1.82) is 0 Å². The summed E-state index contributed by atoms with van der Waals surface area (Å²) in [4.78, 5) is 0. The Kier molecular flexibility index (Phi) is 4.01. The van der Waals surface area contributed by atoms with Gasteiger partial charge in [-0.15, -0.1) is 11.6 Å². The van der Waals surface area contributed by atoms with Gasteiger partial charge in [0.05, 0.1) is 24.7 Å². The molecule has 2 rings (SSSR count). The molecule has 15 heavy (non-hydrogen) atoms. The Balaban J connectivity index is 1.56. The Morgan fingerprint density at radius 3 is 2.67 bits per heavy atom. The van der Waals surface area contributed by atoms with Gasteiger partial charge in [0.25, 0.3) is 0 Å². The third-order valence-electron chi connectivity index (χ3n) is 2.50. The molecule has 1 aliphatic heterocycles. The maximum Gasteiger partial charge on any atom is 0.0977 e. The molecule has 0 radical (unpaired) electrons. The van der Waals surface area contributed by atoms with Gasteiger partial charge >= 0.3 is 0 Å². The standard InChI is InChI=1S/C12H15ClO2/c13-8-12-11(15-12)6-7-14-9-10-4-2-1-3-5-10/h1-5,11-12H,6-9H2/t11-,12-/m0/s1. The van der Waals surface area contributed by atoms with Gasteiger partial charge in [-0.1, -0.05) is 30.3 Å². The van der Waals surface area contributed by atoms with Crippen LogP contribution in [0, 0.1) is 0 Å². The van der Waals surface area contributed by atoms with Crippen molar-refractivity contribution in [3.8, 4) is 0 Å². The number of halogens is 1. The van der Waals surface area contributed by atoms with Crippen LogP contribution in [0.4, 0.5) is 0 Å². The SMILES string of the molecule is ClC[C@@H]1O[C@H]1CCOCc1ccccc1. The van der Waals surface area contributed by atoms with Crippen LogP contribution in [0.1, 0.15) is 12.0 Å². The van der Waals surface area contributed by atoms with Crippen molar-refractivity contribution in [2.75, 3.05) is 12.5 Å². The van der Waals surface area contributed by atoms with Crippen molar-refractivity contribution in [2.45, 2.75) is 25.2 Å². The fourth-order valence-electron chi connectivity index (χ4n) is 1.53. The van der Waals surface area contributed by atoms with E-state index in [1.807, 2.05) is 18.2 Å². The fraction of sp³-hybridized carbons (Fsp3) is 0.500. The summed E-state index contributed by atoms with van der Waals surface area (Å²) in [6.07, 6.45) is 1.55. The molecule has 0 amide bonds. The molecule has 0 aromatic heterocycles. The Hall–Kier alpha value is -0.570. The quantitative estimate of drug-likeness (QED) is 0.423. The summed E-state index contributed by atoms with van der Waals surface area (Å²) in [6, 6.07) is 10.2. The molecule has 0 bridgehead atoms.